The number of halogens is 2. The lowest BCUT2D eigenvalue weighted by molar-refractivity contribution is -0.132. The fourth-order valence-corrected chi connectivity index (χ4v) is 4.55. The molecule has 0 N–H and O–H groups in total. The Balaban J connectivity index is 1.39. The quantitative estimate of drug-likeness (QED) is 0.390. The Bertz CT molecular complexity index is 1300. The first kappa shape index (κ1) is 20.9. The summed E-state index contributed by atoms with van der Waals surface area (Å²) < 4.78 is 7.86. The molecule has 32 heavy (non-hydrogen) atoms. The molecule has 3 aromatic carbocycles. The van der Waals surface area contributed by atoms with Crippen molar-refractivity contribution in [3.8, 4) is 5.75 Å². The van der Waals surface area contributed by atoms with Gasteiger partial charge >= 0.3 is 0 Å². The molecule has 0 aliphatic carbocycles. The minimum Gasteiger partial charge on any atom is -0.484 e. The molecule has 0 fully saturated rings. The van der Waals surface area contributed by atoms with E-state index >= 15 is 0 Å². The summed E-state index contributed by atoms with van der Waals surface area (Å²) in [5.41, 5.74) is 4.26. The van der Waals surface area contributed by atoms with Crippen LogP contribution in [-0.4, -0.2) is 26.9 Å². The second kappa shape index (κ2) is 8.85. The number of carbonyl (C=O) groups excluding carboxylic acids is 1. The van der Waals surface area contributed by atoms with Crippen molar-refractivity contribution < 1.29 is 9.53 Å². The van der Waals surface area contributed by atoms with Crippen molar-refractivity contribution in [1.29, 1.82) is 0 Å². The Morgan fingerprint density at radius 3 is 2.62 bits per heavy atom. The van der Waals surface area contributed by atoms with Crippen LogP contribution >= 0.6 is 23.2 Å². The van der Waals surface area contributed by atoms with Crippen molar-refractivity contribution in [2.24, 2.45) is 0 Å². The molecule has 0 spiro atoms. The van der Waals surface area contributed by atoms with Gasteiger partial charge in [0.25, 0.3) is 0 Å². The summed E-state index contributed by atoms with van der Waals surface area (Å²) in [5.74, 6) is 1.25. The third-order valence-corrected chi connectivity index (χ3v) is 6.29. The lowest BCUT2D eigenvalue weighted by Gasteiger charge is -2.29. The molecule has 5 rings (SSSR count). The van der Waals surface area contributed by atoms with Crippen molar-refractivity contribution in [2.75, 3.05) is 6.54 Å². The van der Waals surface area contributed by atoms with Crippen molar-refractivity contribution >= 4 is 40.1 Å². The van der Waals surface area contributed by atoms with Gasteiger partial charge in [-0.15, -0.1) is 0 Å². The summed E-state index contributed by atoms with van der Waals surface area (Å²) in [7, 11) is 0. The van der Waals surface area contributed by atoms with Gasteiger partial charge in [-0.05, 0) is 47.9 Å². The number of nitrogens with zero attached hydrogens (tertiary/aromatic N) is 3. The van der Waals surface area contributed by atoms with Crippen molar-refractivity contribution in [1.82, 2.24) is 14.5 Å². The van der Waals surface area contributed by atoms with Gasteiger partial charge in [0.1, 0.15) is 24.7 Å². The van der Waals surface area contributed by atoms with Gasteiger partial charge in [0.05, 0.1) is 16.1 Å². The number of imidazole rings is 1. The summed E-state index contributed by atoms with van der Waals surface area (Å²) in [6.07, 6.45) is 0.873. The van der Waals surface area contributed by atoms with E-state index in [1.54, 1.807) is 18.2 Å². The third kappa shape index (κ3) is 4.18. The number of amides is 1. The molecule has 0 radical (unpaired) electrons. The lowest BCUT2D eigenvalue weighted by atomic mass is 10.00. The highest BCUT2D eigenvalue weighted by Crippen LogP contribution is 2.28. The second-order valence-corrected chi connectivity index (χ2v) is 8.64. The Kier molecular flexibility index (Phi) is 5.77. The first-order valence-electron chi connectivity index (χ1n) is 10.4. The zero-order valence-electron chi connectivity index (χ0n) is 17.3. The number of fused-ring (bicyclic) bond motifs is 2. The van der Waals surface area contributed by atoms with Gasteiger partial charge in [-0.1, -0.05) is 59.6 Å². The molecule has 0 atom stereocenters. The third-order valence-electron chi connectivity index (χ3n) is 5.76. The molecular weight excluding hydrogens is 445 g/mol. The number of hydrogen-bond donors (Lipinski definition) is 0. The maximum atomic E-state index is 13.2. The minimum absolute atomic E-state index is 0.0634. The molecule has 2 heterocycles. The van der Waals surface area contributed by atoms with Crippen LogP contribution in [0.4, 0.5) is 0 Å². The molecule has 162 valence electrons. The topological polar surface area (TPSA) is 47.4 Å². The molecule has 0 unspecified atom stereocenters. The average Bonchev–Trinajstić information content (AvgIpc) is 3.15. The van der Waals surface area contributed by atoms with E-state index in [1.807, 2.05) is 45.9 Å². The zero-order valence-corrected chi connectivity index (χ0v) is 18.8. The molecule has 1 amide bonds. The SMILES string of the molecule is O=C(Cn1c(COc2ccc(Cl)cc2Cl)nc2ccccc21)N1CCc2ccccc2C1. The summed E-state index contributed by atoms with van der Waals surface area (Å²) in [6, 6.07) is 21.2. The molecule has 1 aliphatic heterocycles. The van der Waals surface area contributed by atoms with Crippen LogP contribution in [0.5, 0.6) is 5.75 Å². The Hall–Kier alpha value is -3.02. The van der Waals surface area contributed by atoms with Gasteiger partial charge < -0.3 is 14.2 Å². The molecule has 7 heteroatoms. The number of aromatic nitrogens is 2. The van der Waals surface area contributed by atoms with Crippen molar-refractivity contribution in [3.63, 3.8) is 0 Å². The van der Waals surface area contributed by atoms with E-state index in [2.05, 4.69) is 12.1 Å². The summed E-state index contributed by atoms with van der Waals surface area (Å²) in [6.45, 7) is 1.74. The summed E-state index contributed by atoms with van der Waals surface area (Å²) in [5, 5.41) is 0.978. The van der Waals surface area contributed by atoms with Gasteiger partial charge in [0.15, 0.2) is 0 Å². The first-order valence-corrected chi connectivity index (χ1v) is 11.2. The van der Waals surface area contributed by atoms with E-state index in [1.165, 1.54) is 11.1 Å². The van der Waals surface area contributed by atoms with Crippen LogP contribution in [0.3, 0.4) is 0 Å². The van der Waals surface area contributed by atoms with Crippen molar-refractivity contribution in [2.45, 2.75) is 26.1 Å². The number of hydrogen-bond acceptors (Lipinski definition) is 3. The van der Waals surface area contributed by atoms with Gasteiger partial charge in [-0.25, -0.2) is 4.98 Å². The predicted molar refractivity (Wildman–Crippen MR) is 126 cm³/mol. The Morgan fingerprint density at radius 1 is 1.00 bits per heavy atom. The van der Waals surface area contributed by atoms with Gasteiger partial charge in [-0.3, -0.25) is 4.79 Å². The summed E-state index contributed by atoms with van der Waals surface area (Å²) >= 11 is 12.2. The minimum atomic E-state index is 0.0634. The van der Waals surface area contributed by atoms with E-state index in [4.69, 9.17) is 32.9 Å². The number of benzene rings is 3. The molecule has 1 aliphatic rings. The van der Waals surface area contributed by atoms with E-state index in [-0.39, 0.29) is 19.1 Å². The van der Waals surface area contributed by atoms with Crippen LogP contribution < -0.4 is 4.74 Å². The van der Waals surface area contributed by atoms with Gasteiger partial charge in [-0.2, -0.15) is 0 Å². The smallest absolute Gasteiger partial charge is 0.242 e. The van der Waals surface area contributed by atoms with Gasteiger partial charge in [0.2, 0.25) is 5.91 Å². The number of rotatable bonds is 5. The molecule has 0 bridgehead atoms. The monoisotopic (exact) mass is 465 g/mol. The zero-order chi connectivity index (χ0) is 22.1. The van der Waals surface area contributed by atoms with Crippen LogP contribution in [0.1, 0.15) is 17.0 Å². The van der Waals surface area contributed by atoms with E-state index in [0.29, 0.717) is 34.7 Å². The average molecular weight is 466 g/mol. The molecule has 0 saturated carbocycles. The standard InChI is InChI=1S/C25H21Cl2N3O2/c26-19-9-10-23(20(27)13-19)32-16-24-28-21-7-3-4-8-22(21)30(24)15-25(31)29-12-11-17-5-1-2-6-18(17)14-29/h1-10,13H,11-12,14-16H2. The van der Waals surface area contributed by atoms with Crippen LogP contribution in [-0.2, 0) is 30.9 Å². The van der Waals surface area contributed by atoms with Crippen molar-refractivity contribution in [3.05, 3.63) is 93.7 Å². The normalized spacial score (nSPS) is 13.2. The van der Waals surface area contributed by atoms with Gasteiger partial charge in [0, 0.05) is 18.1 Å². The molecule has 0 saturated heterocycles. The summed E-state index contributed by atoms with van der Waals surface area (Å²) in [4.78, 5) is 19.9. The molecular formula is C25H21Cl2N3O2. The highest BCUT2D eigenvalue weighted by molar-refractivity contribution is 6.35. The van der Waals surface area contributed by atoms with E-state index in [9.17, 15) is 4.79 Å². The molecule has 4 aromatic rings. The van der Waals surface area contributed by atoms with E-state index in [0.717, 1.165) is 17.5 Å². The number of para-hydroxylation sites is 2. The Labute approximate surface area is 196 Å². The second-order valence-electron chi connectivity index (χ2n) is 7.80. The fourth-order valence-electron chi connectivity index (χ4n) is 4.09. The van der Waals surface area contributed by atoms with Crippen LogP contribution in [0.15, 0.2) is 66.7 Å². The fraction of sp³-hybridized carbons (Fsp3) is 0.200. The maximum absolute atomic E-state index is 13.2. The van der Waals surface area contributed by atoms with E-state index < -0.39 is 0 Å². The highest BCUT2D eigenvalue weighted by atomic mass is 35.5. The Morgan fingerprint density at radius 2 is 1.78 bits per heavy atom. The number of ether oxygens (including phenoxy) is 1. The highest BCUT2D eigenvalue weighted by Gasteiger charge is 2.22. The molecule has 5 nitrogen and oxygen atoms in total. The predicted octanol–water partition coefficient (Wildman–Crippen LogP) is 5.51. The maximum Gasteiger partial charge on any atom is 0.242 e. The largest absolute Gasteiger partial charge is 0.484 e. The van der Waals surface area contributed by atoms with Crippen LogP contribution in [0.2, 0.25) is 10.0 Å². The van der Waals surface area contributed by atoms with Crippen LogP contribution in [0.25, 0.3) is 11.0 Å². The molecule has 1 aromatic heterocycles. The lowest BCUT2D eigenvalue weighted by Crippen LogP contribution is -2.38. The van der Waals surface area contributed by atoms with Crippen LogP contribution in [0, 0.1) is 0 Å². The number of carbonyl (C=O) groups is 1. The first-order chi connectivity index (χ1) is 15.6.